The zero-order valence-corrected chi connectivity index (χ0v) is 18.0. The summed E-state index contributed by atoms with van der Waals surface area (Å²) in [7, 11) is 0. The lowest BCUT2D eigenvalue weighted by atomic mass is 9.84. The van der Waals surface area contributed by atoms with Gasteiger partial charge in [0.05, 0.1) is 11.1 Å². The van der Waals surface area contributed by atoms with E-state index in [1.165, 1.54) is 38.0 Å². The summed E-state index contributed by atoms with van der Waals surface area (Å²) in [5.74, 6) is 1.82. The number of fused-ring (bicyclic) bond motifs is 3. The van der Waals surface area contributed by atoms with Crippen molar-refractivity contribution in [1.82, 2.24) is 10.2 Å². The second kappa shape index (κ2) is 9.83. The zero-order chi connectivity index (χ0) is 14.8. The Labute approximate surface area is 168 Å². The predicted octanol–water partition coefficient (Wildman–Crippen LogP) is 4.64. The van der Waals surface area contributed by atoms with Crippen molar-refractivity contribution in [3.8, 4) is 5.75 Å². The highest BCUT2D eigenvalue weighted by Crippen LogP contribution is 2.34. The van der Waals surface area contributed by atoms with Crippen molar-refractivity contribution in [1.29, 1.82) is 0 Å². The molecule has 3 nitrogen and oxygen atoms in total. The van der Waals surface area contributed by atoms with Gasteiger partial charge < -0.3 is 15.0 Å². The van der Waals surface area contributed by atoms with Gasteiger partial charge in [0.15, 0.2) is 0 Å². The third-order valence-corrected chi connectivity index (χ3v) is 5.63. The molecule has 3 heterocycles. The summed E-state index contributed by atoms with van der Waals surface area (Å²) in [6.07, 6.45) is 2.69. The number of hydrogen-bond acceptors (Lipinski definition) is 3. The summed E-state index contributed by atoms with van der Waals surface area (Å²) < 4.78 is 7.91. The van der Waals surface area contributed by atoms with E-state index in [9.17, 15) is 0 Å². The normalized spacial score (nSPS) is 25.4. The number of rotatable bonds is 5. The lowest BCUT2D eigenvalue weighted by molar-refractivity contribution is 0.0719. The van der Waals surface area contributed by atoms with Crippen LogP contribution < -0.4 is 10.1 Å². The lowest BCUT2D eigenvalue weighted by Gasteiger charge is -2.45. The van der Waals surface area contributed by atoms with Crippen LogP contribution in [0, 0.1) is 5.92 Å². The fourth-order valence-corrected chi connectivity index (χ4v) is 4.92. The fourth-order valence-electron chi connectivity index (χ4n) is 3.49. The van der Waals surface area contributed by atoms with Gasteiger partial charge in [-0.2, -0.15) is 0 Å². The van der Waals surface area contributed by atoms with E-state index in [1.54, 1.807) is 0 Å². The van der Waals surface area contributed by atoms with E-state index in [-0.39, 0.29) is 24.8 Å². The summed E-state index contributed by atoms with van der Waals surface area (Å²) in [6.45, 7) is 7.35. The lowest BCUT2D eigenvalue weighted by Crippen LogP contribution is -2.55. The number of hydrogen-bond donors (Lipinski definition) is 1. The highest BCUT2D eigenvalue weighted by Gasteiger charge is 2.33. The maximum atomic E-state index is 5.81. The van der Waals surface area contributed by atoms with E-state index in [1.807, 2.05) is 13.0 Å². The molecule has 0 aromatic heterocycles. The molecule has 7 heteroatoms. The molecule has 0 saturated carbocycles. The Hall–Kier alpha value is 0.480. The summed E-state index contributed by atoms with van der Waals surface area (Å²) in [5, 5.41) is 3.76. The van der Waals surface area contributed by atoms with Crippen molar-refractivity contribution in [2.24, 2.45) is 5.92 Å². The summed E-state index contributed by atoms with van der Waals surface area (Å²) in [6, 6.07) is 4.83. The average Bonchev–Trinajstić information content (AvgIpc) is 2.49. The molecule has 2 bridgehead atoms. The number of halogens is 4. The Kier molecular flexibility index (Phi) is 9.20. The van der Waals surface area contributed by atoms with Gasteiger partial charge in [0.1, 0.15) is 5.75 Å². The van der Waals surface area contributed by atoms with E-state index >= 15 is 0 Å². The van der Waals surface area contributed by atoms with Crippen LogP contribution in [0.3, 0.4) is 0 Å². The van der Waals surface area contributed by atoms with Gasteiger partial charge in [-0.15, -0.1) is 24.8 Å². The van der Waals surface area contributed by atoms with Crippen LogP contribution in [0.2, 0.25) is 0 Å². The molecule has 3 aliphatic rings. The second-order valence-electron chi connectivity index (χ2n) is 5.93. The summed E-state index contributed by atoms with van der Waals surface area (Å²) in [4.78, 5) is 2.58. The van der Waals surface area contributed by atoms with E-state index in [0.29, 0.717) is 12.6 Å². The van der Waals surface area contributed by atoms with Crippen molar-refractivity contribution >= 4 is 56.7 Å². The molecule has 3 saturated heterocycles. The van der Waals surface area contributed by atoms with Gasteiger partial charge in [-0.3, -0.25) is 0 Å². The van der Waals surface area contributed by atoms with E-state index < -0.39 is 0 Å². The van der Waals surface area contributed by atoms with Gasteiger partial charge in [-0.1, -0.05) is 15.9 Å². The topological polar surface area (TPSA) is 24.5 Å². The van der Waals surface area contributed by atoms with Gasteiger partial charge in [0.25, 0.3) is 0 Å². The highest BCUT2D eigenvalue weighted by molar-refractivity contribution is 9.11. The van der Waals surface area contributed by atoms with Crippen LogP contribution in [0.25, 0.3) is 0 Å². The Bertz CT molecular complexity index is 511. The van der Waals surface area contributed by atoms with Gasteiger partial charge in [-0.25, -0.2) is 0 Å². The van der Waals surface area contributed by atoms with Crippen LogP contribution in [0.4, 0.5) is 0 Å². The molecule has 1 aromatic carbocycles. The quantitative estimate of drug-likeness (QED) is 0.651. The maximum Gasteiger partial charge on any atom is 0.138 e. The summed E-state index contributed by atoms with van der Waals surface area (Å²) >= 11 is 7.18. The van der Waals surface area contributed by atoms with Gasteiger partial charge >= 0.3 is 0 Å². The Morgan fingerprint density at radius 2 is 1.91 bits per heavy atom. The Balaban J connectivity index is 0.00000132. The zero-order valence-electron chi connectivity index (χ0n) is 13.2. The number of benzene rings is 1. The number of piperidine rings is 3. The van der Waals surface area contributed by atoms with Crippen molar-refractivity contribution in [3.63, 3.8) is 0 Å². The van der Waals surface area contributed by atoms with Crippen LogP contribution in [-0.2, 0) is 6.54 Å². The van der Waals surface area contributed by atoms with Gasteiger partial charge in [-0.05, 0) is 66.8 Å². The van der Waals surface area contributed by atoms with Crippen LogP contribution in [-0.4, -0.2) is 37.2 Å². The molecular formula is C16H24Br2Cl2N2O. The van der Waals surface area contributed by atoms with Crippen LogP contribution in [0.1, 0.15) is 25.3 Å². The van der Waals surface area contributed by atoms with E-state index in [4.69, 9.17) is 4.74 Å². The van der Waals surface area contributed by atoms with Crippen molar-refractivity contribution in [2.45, 2.75) is 32.4 Å². The third kappa shape index (κ3) is 5.23. The van der Waals surface area contributed by atoms with Crippen molar-refractivity contribution in [2.75, 3.05) is 26.2 Å². The summed E-state index contributed by atoms with van der Waals surface area (Å²) in [5.41, 5.74) is 1.22. The number of nitrogens with zero attached hydrogens (tertiary/aromatic N) is 1. The molecule has 0 spiro atoms. The molecule has 23 heavy (non-hydrogen) atoms. The molecule has 1 N–H and O–H groups in total. The van der Waals surface area contributed by atoms with E-state index in [2.05, 4.69) is 48.1 Å². The van der Waals surface area contributed by atoms with Crippen LogP contribution >= 0.6 is 56.7 Å². The number of nitrogens with one attached hydrogen (secondary N) is 1. The molecule has 1 atom stereocenters. The molecule has 0 radical (unpaired) electrons. The molecule has 4 rings (SSSR count). The predicted molar refractivity (Wildman–Crippen MR) is 107 cm³/mol. The highest BCUT2D eigenvalue weighted by atomic mass is 79.9. The Morgan fingerprint density at radius 1 is 1.22 bits per heavy atom. The first-order valence-corrected chi connectivity index (χ1v) is 9.32. The molecule has 0 aliphatic carbocycles. The van der Waals surface area contributed by atoms with Gasteiger partial charge in [0.2, 0.25) is 0 Å². The molecule has 0 amide bonds. The Morgan fingerprint density at radius 3 is 2.48 bits per heavy atom. The second-order valence-corrected chi connectivity index (χ2v) is 7.70. The molecule has 3 fully saturated rings. The number of ether oxygens (including phenoxy) is 1. The van der Waals surface area contributed by atoms with Crippen molar-refractivity contribution in [3.05, 3.63) is 26.6 Å². The van der Waals surface area contributed by atoms with E-state index in [0.717, 1.165) is 27.2 Å². The van der Waals surface area contributed by atoms with Crippen molar-refractivity contribution < 1.29 is 4.74 Å². The minimum atomic E-state index is 0. The van der Waals surface area contributed by atoms with Crippen LogP contribution in [0.5, 0.6) is 5.75 Å². The average molecular weight is 491 g/mol. The molecule has 1 unspecified atom stereocenters. The minimum absolute atomic E-state index is 0. The first-order valence-electron chi connectivity index (χ1n) is 7.74. The molecule has 1 aromatic rings. The molecular weight excluding hydrogens is 467 g/mol. The fraction of sp³-hybridized carbons (Fsp3) is 0.625. The van der Waals surface area contributed by atoms with Crippen LogP contribution in [0.15, 0.2) is 21.1 Å². The standard InChI is InChI=1S/C16H22Br2N2O.2ClH/c1-2-21-16-12(7-13(17)8-14(16)18)9-19-15-10-20-5-3-11(15)4-6-20;;/h7-8,11,15,19H,2-6,9-10H2,1H3;2*1H. The largest absolute Gasteiger partial charge is 0.492 e. The first kappa shape index (κ1) is 21.5. The molecule has 132 valence electrons. The van der Waals surface area contributed by atoms with Gasteiger partial charge in [0, 0.05) is 29.2 Å². The minimum Gasteiger partial charge on any atom is -0.492 e. The monoisotopic (exact) mass is 488 g/mol. The maximum absolute atomic E-state index is 5.81. The SMILES string of the molecule is CCOc1c(Br)cc(Br)cc1CNC1CN2CCC1CC2.Cl.Cl. The molecule has 3 aliphatic heterocycles. The third-order valence-electron chi connectivity index (χ3n) is 4.58. The first-order chi connectivity index (χ1) is 10.2. The smallest absolute Gasteiger partial charge is 0.138 e.